The zero-order valence-corrected chi connectivity index (χ0v) is 13.6. The van der Waals surface area contributed by atoms with Crippen LogP contribution in [0.4, 0.5) is 5.69 Å². The van der Waals surface area contributed by atoms with E-state index >= 15 is 0 Å². The molecule has 4 nitrogen and oxygen atoms in total. The highest BCUT2D eigenvalue weighted by molar-refractivity contribution is 6.39. The molecule has 0 saturated heterocycles. The Morgan fingerprint density at radius 1 is 0.840 bits per heavy atom. The van der Waals surface area contributed by atoms with Gasteiger partial charge in [-0.1, -0.05) is 48.6 Å². The van der Waals surface area contributed by atoms with Crippen molar-refractivity contribution in [2.75, 3.05) is 11.9 Å². The molecule has 0 saturated carbocycles. The molecule has 0 unspecified atom stereocenters. The minimum absolute atomic E-state index is 0.194. The largest absolute Gasteiger partial charge is 0.439 e. The molecule has 0 fully saturated rings. The van der Waals surface area contributed by atoms with Gasteiger partial charge in [0.2, 0.25) is 0 Å². The molecule has 0 aromatic heterocycles. The van der Waals surface area contributed by atoms with E-state index in [1.807, 2.05) is 36.2 Å². The van der Waals surface area contributed by atoms with Gasteiger partial charge in [-0.05, 0) is 24.3 Å². The fraction of sp³-hybridized carbons (Fsp3) is 0.0476. The number of para-hydroxylation sites is 2. The van der Waals surface area contributed by atoms with Crippen molar-refractivity contribution in [1.82, 2.24) is 0 Å². The molecule has 0 bridgehead atoms. The van der Waals surface area contributed by atoms with Gasteiger partial charge in [0.25, 0.3) is 0 Å². The van der Waals surface area contributed by atoms with E-state index in [2.05, 4.69) is 0 Å². The molecule has 4 rings (SSSR count). The number of rotatable bonds is 2. The van der Waals surface area contributed by atoms with E-state index in [0.717, 1.165) is 11.4 Å². The zero-order valence-electron chi connectivity index (χ0n) is 13.6. The first-order chi connectivity index (χ1) is 12.2. The molecule has 2 aromatic rings. The van der Waals surface area contributed by atoms with Crippen LogP contribution in [-0.4, -0.2) is 18.6 Å². The van der Waals surface area contributed by atoms with Crippen molar-refractivity contribution in [3.8, 4) is 5.75 Å². The van der Waals surface area contributed by atoms with Crippen molar-refractivity contribution in [2.24, 2.45) is 0 Å². The molecular weight excluding hydrogens is 314 g/mol. The number of hydrogen-bond acceptors (Lipinski definition) is 4. The fourth-order valence-corrected chi connectivity index (χ4v) is 2.98. The first-order valence-electron chi connectivity index (χ1n) is 7.94. The van der Waals surface area contributed by atoms with Crippen LogP contribution in [0.5, 0.6) is 5.75 Å². The van der Waals surface area contributed by atoms with E-state index in [1.165, 1.54) is 0 Å². The summed E-state index contributed by atoms with van der Waals surface area (Å²) in [6.45, 7) is 0. The van der Waals surface area contributed by atoms with Crippen molar-refractivity contribution in [2.45, 2.75) is 0 Å². The van der Waals surface area contributed by atoms with Crippen LogP contribution in [0.25, 0.3) is 0 Å². The van der Waals surface area contributed by atoms with Gasteiger partial charge in [-0.15, -0.1) is 0 Å². The van der Waals surface area contributed by atoms with Gasteiger partial charge in [-0.2, -0.15) is 0 Å². The minimum Gasteiger partial charge on any atom is -0.439 e. The number of anilines is 1. The summed E-state index contributed by atoms with van der Waals surface area (Å²) in [6.07, 6.45) is 6.80. The van der Waals surface area contributed by atoms with Gasteiger partial charge in [0.05, 0.1) is 11.3 Å². The maximum atomic E-state index is 12.3. The van der Waals surface area contributed by atoms with Crippen molar-refractivity contribution in [1.29, 1.82) is 0 Å². The number of ether oxygens (including phenoxy) is 1. The van der Waals surface area contributed by atoms with Crippen molar-refractivity contribution < 1.29 is 14.3 Å². The molecule has 0 N–H and O–H groups in total. The number of hydrogen-bond donors (Lipinski definition) is 0. The lowest BCUT2D eigenvalue weighted by Gasteiger charge is -2.09. The molecule has 1 aliphatic heterocycles. The van der Waals surface area contributed by atoms with E-state index in [0.29, 0.717) is 17.0 Å². The summed E-state index contributed by atoms with van der Waals surface area (Å²) in [5.74, 6) is 1.04. The Morgan fingerprint density at radius 2 is 1.44 bits per heavy atom. The van der Waals surface area contributed by atoms with Crippen LogP contribution in [0.3, 0.4) is 0 Å². The third-order valence-electron chi connectivity index (χ3n) is 4.29. The number of nitrogens with zero attached hydrogens (tertiary/aromatic N) is 1. The Labute approximate surface area is 145 Å². The minimum atomic E-state index is -0.223. The van der Waals surface area contributed by atoms with Crippen LogP contribution in [-0.2, 0) is 0 Å². The molecule has 1 aliphatic carbocycles. The van der Waals surface area contributed by atoms with E-state index in [1.54, 1.807) is 48.6 Å². The van der Waals surface area contributed by atoms with Gasteiger partial charge < -0.3 is 9.64 Å². The summed E-state index contributed by atoms with van der Waals surface area (Å²) >= 11 is 0. The second-order valence-electron chi connectivity index (χ2n) is 5.80. The standard InChI is InChI=1S/C21H15NO3/c1-22-17-11-5-6-12-18(17)25-19(22)13-7-4-10-16-20(23)14-8-2-3-9-15(14)21(16)24/h2-13H,1H3. The average molecular weight is 329 g/mol. The van der Waals surface area contributed by atoms with Crippen LogP contribution in [0.1, 0.15) is 20.7 Å². The highest BCUT2D eigenvalue weighted by atomic mass is 16.5. The summed E-state index contributed by atoms with van der Waals surface area (Å²) in [7, 11) is 1.92. The van der Waals surface area contributed by atoms with E-state index in [-0.39, 0.29) is 17.1 Å². The number of allylic oxidation sites excluding steroid dienone is 5. The number of carbonyl (C=O) groups is 2. The van der Waals surface area contributed by atoms with Gasteiger partial charge >= 0.3 is 0 Å². The van der Waals surface area contributed by atoms with Gasteiger partial charge in [-0.3, -0.25) is 9.59 Å². The summed E-state index contributed by atoms with van der Waals surface area (Å²) in [4.78, 5) is 26.5. The number of fused-ring (bicyclic) bond motifs is 2. The summed E-state index contributed by atoms with van der Waals surface area (Å²) < 4.78 is 5.77. The maximum Gasteiger partial charge on any atom is 0.200 e. The molecule has 2 aliphatic rings. The van der Waals surface area contributed by atoms with Gasteiger partial charge in [0.1, 0.15) is 0 Å². The van der Waals surface area contributed by atoms with Crippen molar-refractivity contribution in [3.05, 3.63) is 95.4 Å². The molecule has 0 amide bonds. The first kappa shape index (κ1) is 15.1. The van der Waals surface area contributed by atoms with Gasteiger partial charge in [0, 0.05) is 18.2 Å². The smallest absolute Gasteiger partial charge is 0.200 e. The van der Waals surface area contributed by atoms with E-state index < -0.39 is 0 Å². The van der Waals surface area contributed by atoms with Crippen LogP contribution < -0.4 is 9.64 Å². The fourth-order valence-electron chi connectivity index (χ4n) is 2.98. The number of carbonyl (C=O) groups excluding carboxylic acids is 2. The Morgan fingerprint density at radius 3 is 2.12 bits per heavy atom. The third-order valence-corrected chi connectivity index (χ3v) is 4.29. The summed E-state index contributed by atoms with van der Waals surface area (Å²) in [5, 5.41) is 0. The predicted octanol–water partition coefficient (Wildman–Crippen LogP) is 3.92. The SMILES string of the molecule is CN1C(=CC=CC=C2C(=O)c3ccccc3C2=O)Oc2ccccc21. The third kappa shape index (κ3) is 2.48. The van der Waals surface area contributed by atoms with E-state index in [4.69, 9.17) is 4.74 Å². The van der Waals surface area contributed by atoms with E-state index in [9.17, 15) is 9.59 Å². The lowest BCUT2D eigenvalue weighted by molar-refractivity contribution is 0.0989. The molecular formula is C21H15NO3. The van der Waals surface area contributed by atoms with Crippen LogP contribution in [0.15, 0.2) is 84.3 Å². The molecule has 1 heterocycles. The predicted molar refractivity (Wildman–Crippen MR) is 95.9 cm³/mol. The van der Waals surface area contributed by atoms with Crippen LogP contribution in [0, 0.1) is 0 Å². The normalized spacial score (nSPS) is 17.2. The monoisotopic (exact) mass is 329 g/mol. The number of benzene rings is 2. The molecule has 122 valence electrons. The topological polar surface area (TPSA) is 46.6 Å². The molecule has 2 aromatic carbocycles. The Bertz CT molecular complexity index is 945. The average Bonchev–Trinajstić information content (AvgIpc) is 3.08. The van der Waals surface area contributed by atoms with Crippen molar-refractivity contribution in [3.63, 3.8) is 0 Å². The number of Topliss-reactive ketones (excluding diaryl/α,β-unsaturated/α-hetero) is 2. The number of ketones is 2. The van der Waals surface area contributed by atoms with Gasteiger partial charge in [-0.25, -0.2) is 0 Å². The molecule has 25 heavy (non-hydrogen) atoms. The van der Waals surface area contributed by atoms with Crippen LogP contribution in [0.2, 0.25) is 0 Å². The Balaban J connectivity index is 1.54. The Hall–Kier alpha value is -3.40. The van der Waals surface area contributed by atoms with Gasteiger partial charge in [0.15, 0.2) is 23.2 Å². The first-order valence-corrected chi connectivity index (χ1v) is 7.94. The Kier molecular flexibility index (Phi) is 3.58. The zero-order chi connectivity index (χ0) is 17.4. The quantitative estimate of drug-likeness (QED) is 0.619. The maximum absolute atomic E-state index is 12.3. The molecule has 4 heteroatoms. The lowest BCUT2D eigenvalue weighted by Crippen LogP contribution is -2.12. The van der Waals surface area contributed by atoms with Crippen LogP contribution >= 0.6 is 0 Å². The molecule has 0 radical (unpaired) electrons. The highest BCUT2D eigenvalue weighted by Crippen LogP contribution is 2.37. The second kappa shape index (κ2) is 5.91. The summed E-state index contributed by atoms with van der Waals surface area (Å²) in [6, 6.07) is 14.7. The second-order valence-corrected chi connectivity index (χ2v) is 5.80. The molecule has 0 spiro atoms. The lowest BCUT2D eigenvalue weighted by atomic mass is 10.1. The highest BCUT2D eigenvalue weighted by Gasteiger charge is 2.31. The van der Waals surface area contributed by atoms with Crippen molar-refractivity contribution >= 4 is 17.3 Å². The summed E-state index contributed by atoms with van der Waals surface area (Å²) in [5.41, 5.74) is 2.14. The molecule has 0 atom stereocenters.